The minimum absolute atomic E-state index is 0.126. The minimum Gasteiger partial charge on any atom is -0.300 e. The molecule has 0 aromatic heterocycles. The summed E-state index contributed by atoms with van der Waals surface area (Å²) in [4.78, 5) is 23.0. The van der Waals surface area contributed by atoms with Crippen LogP contribution in [0.15, 0.2) is 0 Å². The molecule has 0 aliphatic carbocycles. The largest absolute Gasteiger partial charge is 0.300 e. The molecular formula is C6H10N2O2. The van der Waals surface area contributed by atoms with Crippen LogP contribution in [-0.2, 0) is 9.59 Å². The predicted molar refractivity (Wildman–Crippen MR) is 35.3 cm³/mol. The van der Waals surface area contributed by atoms with Crippen LogP contribution in [0.2, 0.25) is 0 Å². The third-order valence-electron chi connectivity index (χ3n) is 1.47. The molecule has 0 bridgehead atoms. The number of amides is 2. The van der Waals surface area contributed by atoms with Gasteiger partial charge in [-0.3, -0.25) is 19.8 Å². The van der Waals surface area contributed by atoms with Gasteiger partial charge in [-0.05, 0) is 6.92 Å². The molecule has 1 aliphatic heterocycles. The Labute approximate surface area is 59.2 Å². The van der Waals surface area contributed by atoms with E-state index in [4.69, 9.17) is 0 Å². The van der Waals surface area contributed by atoms with E-state index in [1.165, 1.54) is 4.90 Å². The smallest absolute Gasteiger partial charge is 0.243 e. The van der Waals surface area contributed by atoms with Gasteiger partial charge < -0.3 is 0 Å². The number of piperazine rings is 1. The van der Waals surface area contributed by atoms with Crippen molar-refractivity contribution in [3.8, 4) is 0 Å². The van der Waals surface area contributed by atoms with Crippen molar-refractivity contribution in [3.63, 3.8) is 0 Å². The molecule has 4 nitrogen and oxygen atoms in total. The molecule has 56 valence electrons. The molecule has 1 heterocycles. The topological polar surface area (TPSA) is 49.4 Å². The van der Waals surface area contributed by atoms with Crippen molar-refractivity contribution in [1.82, 2.24) is 10.2 Å². The van der Waals surface area contributed by atoms with Gasteiger partial charge in [-0.25, -0.2) is 0 Å². The fourth-order valence-corrected chi connectivity index (χ4v) is 0.959. The van der Waals surface area contributed by atoms with Crippen LogP contribution in [0.3, 0.4) is 0 Å². The van der Waals surface area contributed by atoms with Gasteiger partial charge in [0.25, 0.3) is 0 Å². The van der Waals surface area contributed by atoms with Crippen molar-refractivity contribution in [2.24, 2.45) is 0 Å². The van der Waals surface area contributed by atoms with E-state index in [0.29, 0.717) is 19.6 Å². The summed E-state index contributed by atoms with van der Waals surface area (Å²) in [5.74, 6) is -0.252. The normalized spacial score (nSPS) is 19.9. The third-order valence-corrected chi connectivity index (χ3v) is 1.47. The van der Waals surface area contributed by atoms with Crippen LogP contribution in [0.1, 0.15) is 6.92 Å². The molecule has 0 atom stereocenters. The Morgan fingerprint density at radius 2 is 1.90 bits per heavy atom. The zero-order valence-corrected chi connectivity index (χ0v) is 5.89. The van der Waals surface area contributed by atoms with Crippen LogP contribution in [0.4, 0.5) is 0 Å². The van der Waals surface area contributed by atoms with Crippen molar-refractivity contribution in [3.05, 3.63) is 0 Å². The Morgan fingerprint density at radius 1 is 1.40 bits per heavy atom. The van der Waals surface area contributed by atoms with E-state index in [1.807, 2.05) is 0 Å². The fourth-order valence-electron chi connectivity index (χ4n) is 0.959. The maximum Gasteiger partial charge on any atom is 0.243 e. The van der Waals surface area contributed by atoms with Gasteiger partial charge in [0, 0.05) is 6.54 Å². The molecular weight excluding hydrogens is 132 g/mol. The maximum atomic E-state index is 10.9. The maximum absolute atomic E-state index is 10.9. The second-order valence-electron chi connectivity index (χ2n) is 2.14. The van der Waals surface area contributed by atoms with Crippen molar-refractivity contribution in [2.45, 2.75) is 6.92 Å². The highest BCUT2D eigenvalue weighted by molar-refractivity contribution is 5.99. The van der Waals surface area contributed by atoms with E-state index in [9.17, 15) is 9.59 Å². The summed E-state index contributed by atoms with van der Waals surface area (Å²) in [6, 6.07) is 0. The number of hydrogen-bond acceptors (Lipinski definition) is 3. The van der Waals surface area contributed by atoms with E-state index in [0.717, 1.165) is 0 Å². The number of carbonyl (C=O) groups excluding carboxylic acids is 2. The summed E-state index contributed by atoms with van der Waals surface area (Å²) in [5, 5.41) is 2.71. The number of hydrogen-bond donors (Lipinski definition) is 1. The van der Waals surface area contributed by atoms with Gasteiger partial charge in [-0.1, -0.05) is 0 Å². The van der Waals surface area contributed by atoms with Crippen LogP contribution in [-0.4, -0.2) is 36.3 Å². The van der Waals surface area contributed by atoms with E-state index in [1.54, 1.807) is 6.92 Å². The lowest BCUT2D eigenvalue weighted by Gasteiger charge is -2.23. The monoisotopic (exact) mass is 142 g/mol. The predicted octanol–water partition coefficient (Wildman–Crippen LogP) is -1.04. The molecule has 0 unspecified atom stereocenters. The zero-order valence-electron chi connectivity index (χ0n) is 5.89. The minimum atomic E-state index is -0.126. The van der Waals surface area contributed by atoms with Crippen LogP contribution in [0, 0.1) is 0 Å². The third kappa shape index (κ3) is 1.16. The van der Waals surface area contributed by atoms with Crippen molar-refractivity contribution in [2.75, 3.05) is 19.6 Å². The first-order valence-electron chi connectivity index (χ1n) is 3.29. The first-order valence-corrected chi connectivity index (χ1v) is 3.29. The first-order chi connectivity index (χ1) is 4.75. The Bertz CT molecular complexity index is 151. The van der Waals surface area contributed by atoms with Crippen LogP contribution >= 0.6 is 0 Å². The van der Waals surface area contributed by atoms with Crippen LogP contribution in [0.25, 0.3) is 0 Å². The molecule has 0 spiro atoms. The van der Waals surface area contributed by atoms with E-state index in [-0.39, 0.29) is 11.8 Å². The Kier molecular flexibility index (Phi) is 2.01. The quantitative estimate of drug-likeness (QED) is 0.476. The molecule has 0 aromatic rings. The highest BCUT2D eigenvalue weighted by Crippen LogP contribution is 1.93. The average Bonchev–Trinajstić information content (AvgIpc) is 1.88. The molecule has 1 rings (SSSR count). The molecule has 1 N–H and O–H groups in total. The van der Waals surface area contributed by atoms with Gasteiger partial charge in [-0.2, -0.15) is 0 Å². The number of carbonyl (C=O) groups is 2. The van der Waals surface area contributed by atoms with Crippen molar-refractivity contribution >= 4 is 11.8 Å². The number of nitrogens with one attached hydrogen (secondary N) is 1. The lowest BCUT2D eigenvalue weighted by Crippen LogP contribution is -2.51. The summed E-state index contributed by atoms with van der Waals surface area (Å²) in [6.45, 7) is 2.86. The molecule has 1 saturated heterocycles. The van der Waals surface area contributed by atoms with Crippen LogP contribution in [0.5, 0.6) is 0 Å². The fraction of sp³-hybridized carbons (Fsp3) is 0.667. The number of rotatable bonds is 1. The van der Waals surface area contributed by atoms with Gasteiger partial charge in [0.15, 0.2) is 0 Å². The summed E-state index contributed by atoms with van der Waals surface area (Å²) in [6.07, 6.45) is 0. The summed E-state index contributed by atoms with van der Waals surface area (Å²) in [7, 11) is 0. The molecule has 2 amide bonds. The highest BCUT2D eigenvalue weighted by atomic mass is 16.2. The van der Waals surface area contributed by atoms with Crippen LogP contribution < -0.4 is 5.32 Å². The van der Waals surface area contributed by atoms with Crippen molar-refractivity contribution in [1.29, 1.82) is 0 Å². The molecule has 1 fully saturated rings. The van der Waals surface area contributed by atoms with Crippen molar-refractivity contribution < 1.29 is 9.59 Å². The van der Waals surface area contributed by atoms with E-state index in [2.05, 4.69) is 5.32 Å². The van der Waals surface area contributed by atoms with Gasteiger partial charge in [-0.15, -0.1) is 0 Å². The standard InChI is InChI=1S/C6H10N2O2/c1-2-8-5(9)3-7-4-6(8)10/h7H,2-4H2,1H3. The highest BCUT2D eigenvalue weighted by Gasteiger charge is 2.23. The lowest BCUT2D eigenvalue weighted by molar-refractivity contribution is -0.146. The van der Waals surface area contributed by atoms with E-state index < -0.39 is 0 Å². The molecule has 0 aromatic carbocycles. The SMILES string of the molecule is CCN1C(=O)CNCC1=O. The second-order valence-corrected chi connectivity index (χ2v) is 2.14. The number of likely N-dealkylation sites (N-methyl/N-ethyl adjacent to an activating group) is 1. The number of imide groups is 1. The van der Waals surface area contributed by atoms with Gasteiger partial charge in [0.1, 0.15) is 0 Å². The first kappa shape index (κ1) is 7.21. The summed E-state index contributed by atoms with van der Waals surface area (Å²) < 4.78 is 0. The molecule has 10 heavy (non-hydrogen) atoms. The van der Waals surface area contributed by atoms with Gasteiger partial charge >= 0.3 is 0 Å². The van der Waals surface area contributed by atoms with Gasteiger partial charge in [0.05, 0.1) is 13.1 Å². The summed E-state index contributed by atoms with van der Waals surface area (Å²) >= 11 is 0. The molecule has 0 radical (unpaired) electrons. The molecule has 0 saturated carbocycles. The molecule has 1 aliphatic rings. The Hall–Kier alpha value is -0.900. The Morgan fingerprint density at radius 3 is 2.20 bits per heavy atom. The van der Waals surface area contributed by atoms with Gasteiger partial charge in [0.2, 0.25) is 11.8 Å². The average molecular weight is 142 g/mol. The molecule has 4 heteroatoms. The Balaban J connectivity index is 2.62. The second kappa shape index (κ2) is 2.79. The lowest BCUT2D eigenvalue weighted by atomic mass is 10.3. The van der Waals surface area contributed by atoms with E-state index >= 15 is 0 Å². The summed E-state index contributed by atoms with van der Waals surface area (Å²) in [5.41, 5.74) is 0. The number of nitrogens with zero attached hydrogens (tertiary/aromatic N) is 1. The zero-order chi connectivity index (χ0) is 7.56.